The van der Waals surface area contributed by atoms with Crippen molar-refractivity contribution < 1.29 is 65.9 Å². The predicted octanol–water partition coefficient (Wildman–Crippen LogP) is -2.60. The summed E-state index contributed by atoms with van der Waals surface area (Å²) in [4.78, 5) is 0. The van der Waals surface area contributed by atoms with Crippen LogP contribution in [0.4, 0.5) is 0 Å². The lowest BCUT2D eigenvalue weighted by Crippen LogP contribution is -3.00. The van der Waals surface area contributed by atoms with Crippen molar-refractivity contribution >= 4 is 22.2 Å². The van der Waals surface area contributed by atoms with Crippen molar-refractivity contribution in [3.05, 3.63) is 60.3 Å². The molecule has 0 spiro atoms. The molecule has 0 saturated carbocycles. The molecular weight excluding hydrogens is 554 g/mol. The predicted molar refractivity (Wildman–Crippen MR) is 91.4 cm³/mol. The van der Waals surface area contributed by atoms with Gasteiger partial charge in [-0.05, 0) is 25.0 Å². The molecule has 0 aliphatic carbocycles. The number of fused-ring (bicyclic) bond motifs is 2. The summed E-state index contributed by atoms with van der Waals surface area (Å²) in [6, 6.07) is 16.3. The highest BCUT2D eigenvalue weighted by molar-refractivity contribution is 5.68. The molecule has 0 atom stereocenters. The van der Waals surface area contributed by atoms with Gasteiger partial charge in [-0.15, -0.1) is 0 Å². The second-order valence-corrected chi connectivity index (χ2v) is 6.25. The van der Waals surface area contributed by atoms with Crippen molar-refractivity contribution in [1.82, 2.24) is 0 Å². The molecule has 0 aliphatic rings. The van der Waals surface area contributed by atoms with Gasteiger partial charge in [0.05, 0.1) is 12.8 Å². The van der Waals surface area contributed by atoms with Crippen LogP contribution in [0.3, 0.4) is 0 Å². The molecule has 0 radical (unpaired) electrons. The first-order chi connectivity index (χ1) is 11.7. The Bertz CT molecular complexity index is 926. The zero-order valence-electron chi connectivity index (χ0n) is 14.9. The van der Waals surface area contributed by atoms with Crippen LogP contribution in [-0.2, 0) is 26.9 Å². The van der Waals surface area contributed by atoms with Crippen molar-refractivity contribution in [3.63, 3.8) is 0 Å². The Morgan fingerprint density at radius 3 is 1.42 bits per heavy atom. The smallest absolute Gasteiger partial charge is 0.347 e. The van der Waals surface area contributed by atoms with E-state index in [0.717, 1.165) is 59.7 Å². The second kappa shape index (κ2) is 9.16. The minimum absolute atomic E-state index is 0. The largest absolute Gasteiger partial charge is 1.00 e. The number of aromatic nitrogens is 2. The van der Waals surface area contributed by atoms with Crippen LogP contribution in [0.25, 0.3) is 22.2 Å². The average Bonchev–Trinajstić information content (AvgIpc) is 3.10. The molecule has 6 heteroatoms. The number of benzene rings is 2. The Balaban J connectivity index is 0.00000121. The van der Waals surface area contributed by atoms with Crippen LogP contribution < -0.4 is 57.1 Å². The first kappa shape index (κ1) is 21.1. The van der Waals surface area contributed by atoms with Gasteiger partial charge >= 0.3 is 11.8 Å². The van der Waals surface area contributed by atoms with Crippen LogP contribution in [0.15, 0.2) is 57.4 Å². The molecule has 2 aromatic heterocycles. The Morgan fingerprint density at radius 1 is 0.654 bits per heavy atom. The van der Waals surface area contributed by atoms with Gasteiger partial charge < -0.3 is 56.8 Å². The molecule has 2 aromatic carbocycles. The van der Waals surface area contributed by atoms with Crippen molar-refractivity contribution in [3.8, 4) is 0 Å². The van der Waals surface area contributed by atoms with Crippen molar-refractivity contribution in [2.24, 2.45) is 14.1 Å². The summed E-state index contributed by atoms with van der Waals surface area (Å²) in [7, 11) is 4.14. The lowest BCUT2D eigenvalue weighted by molar-refractivity contribution is -0.659. The maximum absolute atomic E-state index is 5.96. The minimum atomic E-state index is 0. The normalized spacial score (nSPS) is 10.7. The standard InChI is InChI=1S/C20H22N2O2.2HI/c1-21-15-9-3-5-11-17(15)23-19(21)13-7-8-14-20-22(2)16-10-4-6-12-18(16)24-20;;/h3-6,9-12H,7-8,13-14H2,1-2H3;2*1H/q+2;;/p-2. The molecule has 138 valence electrons. The molecule has 0 bridgehead atoms. The number of rotatable bonds is 5. The third-order valence-corrected chi connectivity index (χ3v) is 4.69. The molecule has 26 heavy (non-hydrogen) atoms. The summed E-state index contributed by atoms with van der Waals surface area (Å²) >= 11 is 0. The van der Waals surface area contributed by atoms with Crippen molar-refractivity contribution in [2.75, 3.05) is 0 Å². The van der Waals surface area contributed by atoms with E-state index in [1.165, 1.54) is 0 Å². The molecular formula is C20H22I2N2O2. The van der Waals surface area contributed by atoms with Gasteiger partial charge in [0.25, 0.3) is 11.0 Å². The number of oxazole rings is 2. The van der Waals surface area contributed by atoms with Crippen molar-refractivity contribution in [2.45, 2.75) is 25.7 Å². The van der Waals surface area contributed by atoms with E-state index in [1.54, 1.807) is 0 Å². The lowest BCUT2D eigenvalue weighted by Gasteiger charge is -1.94. The molecule has 0 aliphatic heterocycles. The number of para-hydroxylation sites is 4. The van der Waals surface area contributed by atoms with Crippen LogP contribution in [0, 0.1) is 0 Å². The van der Waals surface area contributed by atoms with Crippen LogP contribution in [0.2, 0.25) is 0 Å². The highest BCUT2D eigenvalue weighted by atomic mass is 127. The third kappa shape index (κ3) is 4.05. The summed E-state index contributed by atoms with van der Waals surface area (Å²) < 4.78 is 16.2. The third-order valence-electron chi connectivity index (χ3n) is 4.69. The van der Waals surface area contributed by atoms with E-state index in [4.69, 9.17) is 8.83 Å². The van der Waals surface area contributed by atoms with Gasteiger partial charge in [-0.25, -0.2) is 0 Å². The van der Waals surface area contributed by atoms with Gasteiger partial charge in [0.2, 0.25) is 11.2 Å². The zero-order chi connectivity index (χ0) is 16.5. The second-order valence-electron chi connectivity index (χ2n) is 6.25. The van der Waals surface area contributed by atoms with E-state index in [9.17, 15) is 0 Å². The first-order valence-electron chi connectivity index (χ1n) is 8.47. The highest BCUT2D eigenvalue weighted by Gasteiger charge is 2.20. The fourth-order valence-electron chi connectivity index (χ4n) is 3.29. The lowest BCUT2D eigenvalue weighted by atomic mass is 10.2. The number of unbranched alkanes of at least 4 members (excludes halogenated alkanes) is 1. The van der Waals surface area contributed by atoms with Gasteiger partial charge in [-0.3, -0.25) is 0 Å². The van der Waals surface area contributed by atoms with E-state index in [0.29, 0.717) is 0 Å². The van der Waals surface area contributed by atoms with Crippen LogP contribution >= 0.6 is 0 Å². The summed E-state index contributed by atoms with van der Waals surface area (Å²) in [5.41, 5.74) is 4.21. The van der Waals surface area contributed by atoms with Crippen LogP contribution in [-0.4, -0.2) is 0 Å². The molecule has 4 nitrogen and oxygen atoms in total. The zero-order valence-corrected chi connectivity index (χ0v) is 19.2. The van der Waals surface area contributed by atoms with Gasteiger partial charge in [0, 0.05) is 12.1 Å². The van der Waals surface area contributed by atoms with Gasteiger partial charge in [-0.1, -0.05) is 24.3 Å². The van der Waals surface area contributed by atoms with E-state index >= 15 is 0 Å². The number of nitrogens with zero attached hydrogens (tertiary/aromatic N) is 2. The average molecular weight is 576 g/mol. The summed E-state index contributed by atoms with van der Waals surface area (Å²) in [5, 5.41) is 0. The van der Waals surface area contributed by atoms with Gasteiger partial charge in [0.1, 0.15) is 14.1 Å². The van der Waals surface area contributed by atoms with E-state index in [2.05, 4.69) is 35.4 Å². The molecule has 0 saturated heterocycles. The Labute approximate surface area is 187 Å². The maximum atomic E-state index is 5.96. The molecule has 0 N–H and O–H groups in total. The molecule has 0 fully saturated rings. The van der Waals surface area contributed by atoms with E-state index in [-0.39, 0.29) is 48.0 Å². The minimum Gasteiger partial charge on any atom is -1.00 e. The SMILES string of the molecule is C[n+]1c(CCCCc2oc3ccccc3[n+]2C)oc2ccccc21.[I-].[I-]. The number of aryl methyl sites for hydroxylation is 4. The summed E-state index contributed by atoms with van der Waals surface area (Å²) in [6.45, 7) is 0. The Kier molecular flexibility index (Phi) is 7.45. The molecule has 4 aromatic rings. The molecule has 0 amide bonds. The number of hydrogen-bond acceptors (Lipinski definition) is 2. The quantitative estimate of drug-likeness (QED) is 0.149. The van der Waals surface area contributed by atoms with Gasteiger partial charge in [-0.2, -0.15) is 9.13 Å². The summed E-state index contributed by atoms with van der Waals surface area (Å²) in [6.07, 6.45) is 4.03. The topological polar surface area (TPSA) is 34.0 Å². The Hall–Kier alpha value is -1.16. The molecule has 0 unspecified atom stereocenters. The van der Waals surface area contributed by atoms with E-state index in [1.807, 2.05) is 36.4 Å². The van der Waals surface area contributed by atoms with Crippen LogP contribution in [0.5, 0.6) is 0 Å². The number of halogens is 2. The van der Waals surface area contributed by atoms with E-state index < -0.39 is 0 Å². The maximum Gasteiger partial charge on any atom is 0.347 e. The van der Waals surface area contributed by atoms with Crippen molar-refractivity contribution in [1.29, 1.82) is 0 Å². The highest BCUT2D eigenvalue weighted by Crippen LogP contribution is 2.16. The summed E-state index contributed by atoms with van der Waals surface area (Å²) in [5.74, 6) is 2.07. The van der Waals surface area contributed by atoms with Crippen LogP contribution in [0.1, 0.15) is 24.6 Å². The molecule has 2 heterocycles. The number of hydrogen-bond donors (Lipinski definition) is 0. The monoisotopic (exact) mass is 576 g/mol. The first-order valence-corrected chi connectivity index (χ1v) is 8.47. The molecule has 4 rings (SSSR count). The fourth-order valence-corrected chi connectivity index (χ4v) is 3.29. The fraction of sp³-hybridized carbons (Fsp3) is 0.300. The van der Waals surface area contributed by atoms with Gasteiger partial charge in [0.15, 0.2) is 0 Å². The Morgan fingerprint density at radius 2 is 1.04 bits per heavy atom.